The van der Waals surface area contributed by atoms with E-state index in [2.05, 4.69) is 10.3 Å². The number of H-pyrrole nitrogens is 1. The van der Waals surface area contributed by atoms with Gasteiger partial charge in [-0.25, -0.2) is 4.39 Å². The largest absolute Gasteiger partial charge is 0.361 e. The summed E-state index contributed by atoms with van der Waals surface area (Å²) < 4.78 is 13.8. The molecule has 38 heavy (non-hydrogen) atoms. The molecule has 1 aliphatic rings. The Morgan fingerprint density at radius 3 is 2.53 bits per heavy atom. The third-order valence-corrected chi connectivity index (χ3v) is 7.08. The van der Waals surface area contributed by atoms with Gasteiger partial charge in [0.2, 0.25) is 5.91 Å². The Morgan fingerprint density at radius 2 is 1.79 bits per heavy atom. The summed E-state index contributed by atoms with van der Waals surface area (Å²) in [6.07, 6.45) is 4.42. The molecule has 0 saturated carbocycles. The number of nitrogens with one attached hydrogen (secondary N) is 2. The number of nitrogens with zero attached hydrogens (tertiary/aromatic N) is 2. The number of aromatic amines is 1. The van der Waals surface area contributed by atoms with Gasteiger partial charge in [0.15, 0.2) is 0 Å². The quantitative estimate of drug-likeness (QED) is 0.240. The molecule has 8 nitrogen and oxygen atoms in total. The average molecular weight is 515 g/mol. The topological polar surface area (TPSA) is 108 Å². The summed E-state index contributed by atoms with van der Waals surface area (Å²) in [6, 6.07) is 18.8. The van der Waals surface area contributed by atoms with E-state index in [9.17, 15) is 24.1 Å². The lowest BCUT2D eigenvalue weighted by Gasteiger charge is -2.32. The van der Waals surface area contributed by atoms with Crippen LogP contribution in [0.25, 0.3) is 10.9 Å². The van der Waals surface area contributed by atoms with E-state index < -0.39 is 22.3 Å². The van der Waals surface area contributed by atoms with Crippen molar-refractivity contribution in [1.82, 2.24) is 9.88 Å². The molecule has 2 amide bonds. The van der Waals surface area contributed by atoms with Crippen molar-refractivity contribution in [2.45, 2.75) is 31.6 Å². The standard InChI is InChI=1S/C29H27FN4O4/c30-23-15-22(16-25(17-23)34(37)38)29(36)33-13-11-20(12-14-33)19-5-8-24(9-6-19)32-28(35)10-7-21-18-31-27-4-2-1-3-26(21)27/h1-6,8-9,15-18,20,31H,7,10-14H2,(H,32,35). The van der Waals surface area contributed by atoms with E-state index in [4.69, 9.17) is 0 Å². The van der Waals surface area contributed by atoms with Crippen LogP contribution in [0.5, 0.6) is 0 Å². The summed E-state index contributed by atoms with van der Waals surface area (Å²) in [5, 5.41) is 15.1. The molecule has 194 valence electrons. The lowest BCUT2D eigenvalue weighted by atomic mass is 9.89. The number of piperidine rings is 1. The number of benzene rings is 3. The first-order chi connectivity index (χ1) is 18.4. The number of para-hydroxylation sites is 1. The number of carbonyl (C=O) groups excluding carboxylic acids is 2. The number of nitro groups is 1. The zero-order chi connectivity index (χ0) is 26.6. The Bertz CT molecular complexity index is 1490. The second-order valence-corrected chi connectivity index (χ2v) is 9.55. The van der Waals surface area contributed by atoms with Gasteiger partial charge >= 0.3 is 0 Å². The van der Waals surface area contributed by atoms with Crippen molar-refractivity contribution >= 4 is 34.1 Å². The number of anilines is 1. The van der Waals surface area contributed by atoms with Gasteiger partial charge in [-0.15, -0.1) is 0 Å². The Balaban J connectivity index is 1.13. The number of rotatable bonds is 7. The molecule has 1 saturated heterocycles. The molecule has 1 fully saturated rings. The normalized spacial score (nSPS) is 14.0. The van der Waals surface area contributed by atoms with Crippen LogP contribution in [-0.2, 0) is 11.2 Å². The van der Waals surface area contributed by atoms with Gasteiger partial charge in [-0.1, -0.05) is 30.3 Å². The molecule has 9 heteroatoms. The van der Waals surface area contributed by atoms with Crippen LogP contribution in [0, 0.1) is 15.9 Å². The van der Waals surface area contributed by atoms with Gasteiger partial charge < -0.3 is 15.2 Å². The fourth-order valence-electron chi connectivity index (χ4n) is 5.05. The highest BCUT2D eigenvalue weighted by Crippen LogP contribution is 2.30. The number of likely N-dealkylation sites (tertiary alicyclic amines) is 1. The number of fused-ring (bicyclic) bond motifs is 1. The molecule has 4 aromatic rings. The number of nitro benzene ring substituents is 1. The van der Waals surface area contributed by atoms with Crippen LogP contribution < -0.4 is 5.32 Å². The van der Waals surface area contributed by atoms with Gasteiger partial charge in [-0.05, 0) is 60.6 Å². The summed E-state index contributed by atoms with van der Waals surface area (Å²) >= 11 is 0. The molecule has 1 aromatic heterocycles. The molecular weight excluding hydrogens is 487 g/mol. The van der Waals surface area contributed by atoms with Crippen LogP contribution in [-0.4, -0.2) is 39.7 Å². The number of halogens is 1. The molecule has 1 aliphatic heterocycles. The lowest BCUT2D eigenvalue weighted by molar-refractivity contribution is -0.385. The summed E-state index contributed by atoms with van der Waals surface area (Å²) in [6.45, 7) is 0.945. The molecule has 0 atom stereocenters. The average Bonchev–Trinajstić information content (AvgIpc) is 3.35. The highest BCUT2D eigenvalue weighted by Gasteiger charge is 2.26. The van der Waals surface area contributed by atoms with E-state index >= 15 is 0 Å². The fraction of sp³-hybridized carbons (Fsp3) is 0.241. The summed E-state index contributed by atoms with van der Waals surface area (Å²) in [7, 11) is 0. The van der Waals surface area contributed by atoms with Crippen molar-refractivity contribution in [2.24, 2.45) is 0 Å². The predicted molar refractivity (Wildman–Crippen MR) is 143 cm³/mol. The molecule has 2 heterocycles. The van der Waals surface area contributed by atoms with Crippen LogP contribution in [0.1, 0.15) is 46.7 Å². The van der Waals surface area contributed by atoms with Crippen molar-refractivity contribution in [2.75, 3.05) is 18.4 Å². The molecule has 0 bridgehead atoms. The SMILES string of the molecule is O=C(CCc1c[nH]c2ccccc12)Nc1ccc(C2CCN(C(=O)c3cc(F)cc([N+](=O)[O-])c3)CC2)cc1. The Kier molecular flexibility index (Phi) is 7.17. The minimum Gasteiger partial charge on any atom is -0.361 e. The molecule has 0 radical (unpaired) electrons. The second-order valence-electron chi connectivity index (χ2n) is 9.55. The molecule has 2 N–H and O–H groups in total. The van der Waals surface area contributed by atoms with Gasteiger partial charge in [0.25, 0.3) is 11.6 Å². The smallest absolute Gasteiger partial charge is 0.273 e. The third-order valence-electron chi connectivity index (χ3n) is 7.08. The maximum Gasteiger partial charge on any atom is 0.273 e. The van der Waals surface area contributed by atoms with Crippen molar-refractivity contribution in [3.8, 4) is 0 Å². The maximum atomic E-state index is 13.8. The van der Waals surface area contributed by atoms with Crippen molar-refractivity contribution in [3.63, 3.8) is 0 Å². The van der Waals surface area contributed by atoms with E-state index in [-0.39, 0.29) is 17.4 Å². The van der Waals surface area contributed by atoms with Crippen LogP contribution in [0.15, 0.2) is 72.9 Å². The molecule has 0 aliphatic carbocycles. The van der Waals surface area contributed by atoms with Gasteiger partial charge in [0.05, 0.1) is 11.0 Å². The molecule has 3 aromatic carbocycles. The van der Waals surface area contributed by atoms with E-state index in [1.54, 1.807) is 4.90 Å². The Hall–Kier alpha value is -4.53. The number of non-ortho nitro benzene ring substituents is 1. The van der Waals surface area contributed by atoms with Crippen LogP contribution in [0.2, 0.25) is 0 Å². The first-order valence-electron chi connectivity index (χ1n) is 12.6. The first kappa shape index (κ1) is 25.1. The number of hydrogen-bond acceptors (Lipinski definition) is 4. The summed E-state index contributed by atoms with van der Waals surface area (Å²) in [5.74, 6) is -1.01. The Labute approximate surface area is 218 Å². The number of hydrogen-bond donors (Lipinski definition) is 2. The zero-order valence-corrected chi connectivity index (χ0v) is 20.7. The van der Waals surface area contributed by atoms with Gasteiger partial charge in [-0.3, -0.25) is 19.7 Å². The Morgan fingerprint density at radius 1 is 1.05 bits per heavy atom. The van der Waals surface area contributed by atoms with E-state index in [1.165, 1.54) is 0 Å². The highest BCUT2D eigenvalue weighted by molar-refractivity contribution is 5.95. The summed E-state index contributed by atoms with van der Waals surface area (Å²) in [5.41, 5.74) is 3.58. The number of carbonyl (C=O) groups is 2. The monoisotopic (exact) mass is 514 g/mol. The predicted octanol–water partition coefficient (Wildman–Crippen LogP) is 5.81. The fourth-order valence-corrected chi connectivity index (χ4v) is 5.05. The van der Waals surface area contributed by atoms with Crippen molar-refractivity contribution in [1.29, 1.82) is 0 Å². The zero-order valence-electron chi connectivity index (χ0n) is 20.7. The number of aryl methyl sites for hydroxylation is 1. The number of aromatic nitrogens is 1. The molecule has 0 spiro atoms. The van der Waals surface area contributed by atoms with E-state index in [0.29, 0.717) is 25.9 Å². The third kappa shape index (κ3) is 5.56. The van der Waals surface area contributed by atoms with Gasteiger partial charge in [0, 0.05) is 53.9 Å². The van der Waals surface area contributed by atoms with Crippen LogP contribution in [0.4, 0.5) is 15.8 Å². The second kappa shape index (κ2) is 10.8. The van der Waals surface area contributed by atoms with Gasteiger partial charge in [-0.2, -0.15) is 0 Å². The van der Waals surface area contributed by atoms with Crippen LogP contribution in [0.3, 0.4) is 0 Å². The lowest BCUT2D eigenvalue weighted by Crippen LogP contribution is -2.38. The van der Waals surface area contributed by atoms with Gasteiger partial charge in [0.1, 0.15) is 5.82 Å². The highest BCUT2D eigenvalue weighted by atomic mass is 19.1. The van der Waals surface area contributed by atoms with E-state index in [0.717, 1.165) is 58.8 Å². The minimum absolute atomic E-state index is 0.0139. The minimum atomic E-state index is -0.803. The van der Waals surface area contributed by atoms with Crippen molar-refractivity contribution < 1.29 is 18.9 Å². The maximum absolute atomic E-state index is 13.8. The number of amides is 2. The first-order valence-corrected chi connectivity index (χ1v) is 12.6. The van der Waals surface area contributed by atoms with Crippen molar-refractivity contribution in [3.05, 3.63) is 106 Å². The molecule has 0 unspecified atom stereocenters. The molecule has 5 rings (SSSR count). The summed E-state index contributed by atoms with van der Waals surface area (Å²) in [4.78, 5) is 40.4. The van der Waals surface area contributed by atoms with E-state index in [1.807, 2.05) is 54.7 Å². The molecular formula is C29H27FN4O4. The van der Waals surface area contributed by atoms with Crippen LogP contribution >= 0.6 is 0 Å².